The molecular weight excluding hydrogens is 480 g/mol. The summed E-state index contributed by atoms with van der Waals surface area (Å²) in [5, 5.41) is 3.42. The molecule has 2 amide bonds. The smallest absolute Gasteiger partial charge is 0.257 e. The molecule has 0 radical (unpaired) electrons. The van der Waals surface area contributed by atoms with E-state index in [2.05, 4.69) is 11.9 Å². The van der Waals surface area contributed by atoms with Crippen molar-refractivity contribution in [3.8, 4) is 5.75 Å². The van der Waals surface area contributed by atoms with Crippen LogP contribution in [0.5, 0.6) is 5.75 Å². The lowest BCUT2D eigenvalue weighted by Crippen LogP contribution is -2.38. The van der Waals surface area contributed by atoms with Gasteiger partial charge in [0.25, 0.3) is 5.91 Å². The van der Waals surface area contributed by atoms with Crippen molar-refractivity contribution in [2.45, 2.75) is 38.3 Å². The highest BCUT2D eigenvalue weighted by molar-refractivity contribution is 6.36. The second-order valence-electron chi connectivity index (χ2n) is 9.29. The quantitative estimate of drug-likeness (QED) is 0.485. The second kappa shape index (κ2) is 10.3. The van der Waals surface area contributed by atoms with Crippen molar-refractivity contribution >= 4 is 40.4 Å². The van der Waals surface area contributed by atoms with Gasteiger partial charge in [0.15, 0.2) is 0 Å². The molecule has 8 nitrogen and oxygen atoms in total. The number of nitrogens with one attached hydrogen (secondary N) is 1. The Hall–Kier alpha value is -3.36. The van der Waals surface area contributed by atoms with Crippen molar-refractivity contribution in [1.82, 2.24) is 14.5 Å². The Kier molecular flexibility index (Phi) is 6.98. The van der Waals surface area contributed by atoms with Crippen LogP contribution in [0.3, 0.4) is 0 Å². The first-order chi connectivity index (χ1) is 17.4. The third-order valence-corrected chi connectivity index (χ3v) is 7.02. The van der Waals surface area contributed by atoms with Crippen LogP contribution in [0.4, 0.5) is 5.95 Å². The van der Waals surface area contributed by atoms with Gasteiger partial charge >= 0.3 is 0 Å². The maximum Gasteiger partial charge on any atom is 0.257 e. The number of halogens is 1. The van der Waals surface area contributed by atoms with Crippen molar-refractivity contribution in [2.75, 3.05) is 31.6 Å². The van der Waals surface area contributed by atoms with Crippen molar-refractivity contribution in [3.05, 3.63) is 65.2 Å². The maximum atomic E-state index is 13.2. The minimum Gasteiger partial charge on any atom is -0.484 e. The summed E-state index contributed by atoms with van der Waals surface area (Å²) >= 11 is 6.91. The van der Waals surface area contributed by atoms with Crippen LogP contribution in [0.1, 0.15) is 41.2 Å². The van der Waals surface area contributed by atoms with Gasteiger partial charge in [-0.15, -0.1) is 0 Å². The van der Waals surface area contributed by atoms with E-state index in [1.807, 2.05) is 35.8 Å². The molecular formula is C27H29ClN4O4. The van der Waals surface area contributed by atoms with Gasteiger partial charge in [-0.2, -0.15) is 0 Å². The molecule has 0 saturated carbocycles. The average molecular weight is 509 g/mol. The number of ether oxygens (including phenoxy) is 2. The normalized spacial score (nSPS) is 18.4. The molecule has 1 N–H and O–H groups in total. The monoisotopic (exact) mass is 508 g/mol. The number of hydrogen-bond donors (Lipinski definition) is 1. The minimum absolute atomic E-state index is 0.0459. The third kappa shape index (κ3) is 4.83. The van der Waals surface area contributed by atoms with Gasteiger partial charge in [0.05, 0.1) is 30.3 Å². The number of likely N-dealkylation sites (tertiary alicyclic amines) is 1. The maximum absolute atomic E-state index is 13.2. The second-order valence-corrected chi connectivity index (χ2v) is 9.67. The zero-order chi connectivity index (χ0) is 25.2. The van der Waals surface area contributed by atoms with Gasteiger partial charge < -0.3 is 18.9 Å². The lowest BCUT2D eigenvalue weighted by atomic mass is 10.1. The molecule has 36 heavy (non-hydrogen) atoms. The molecule has 2 aromatic carbocycles. The summed E-state index contributed by atoms with van der Waals surface area (Å²) in [6.45, 7) is 7.75. The van der Waals surface area contributed by atoms with Crippen LogP contribution in [0.15, 0.2) is 49.1 Å². The fraction of sp³-hybridized carbons (Fsp3) is 0.370. The van der Waals surface area contributed by atoms with E-state index in [-0.39, 0.29) is 24.0 Å². The van der Waals surface area contributed by atoms with E-state index in [1.165, 1.54) is 6.08 Å². The van der Waals surface area contributed by atoms with Gasteiger partial charge in [-0.05, 0) is 56.5 Å². The van der Waals surface area contributed by atoms with E-state index in [4.69, 9.17) is 26.1 Å². The Morgan fingerprint density at radius 2 is 2.08 bits per heavy atom. The van der Waals surface area contributed by atoms with Gasteiger partial charge in [0, 0.05) is 18.7 Å². The molecule has 1 unspecified atom stereocenters. The summed E-state index contributed by atoms with van der Waals surface area (Å²) in [5.41, 5.74) is 2.84. The fourth-order valence-electron chi connectivity index (χ4n) is 4.75. The number of aryl methyl sites for hydroxylation is 1. The van der Waals surface area contributed by atoms with Gasteiger partial charge in [-0.1, -0.05) is 35.9 Å². The Balaban J connectivity index is 1.58. The highest BCUT2D eigenvalue weighted by Gasteiger charge is 2.29. The molecule has 2 aliphatic rings. The predicted octanol–water partition coefficient (Wildman–Crippen LogP) is 4.77. The van der Waals surface area contributed by atoms with Crippen molar-refractivity contribution in [2.24, 2.45) is 0 Å². The number of carbonyl (C=O) groups is 2. The first-order valence-corrected chi connectivity index (χ1v) is 12.6. The van der Waals surface area contributed by atoms with Gasteiger partial charge in [-0.25, -0.2) is 4.98 Å². The van der Waals surface area contributed by atoms with Crippen molar-refractivity contribution in [1.29, 1.82) is 0 Å². The SMILES string of the molecule is C=CC(=O)N1CCCCC(n2c(NC(=O)c3cccc(C)c3)nc3ccc(OC4COC4)c(Cl)c32)C1. The molecule has 2 saturated heterocycles. The van der Waals surface area contributed by atoms with Crippen molar-refractivity contribution in [3.63, 3.8) is 0 Å². The van der Waals surface area contributed by atoms with Gasteiger partial charge in [0.1, 0.15) is 16.9 Å². The number of hydrogen-bond acceptors (Lipinski definition) is 5. The molecule has 0 spiro atoms. The zero-order valence-electron chi connectivity index (χ0n) is 20.2. The van der Waals surface area contributed by atoms with Crippen LogP contribution in [0.2, 0.25) is 5.02 Å². The molecule has 0 bridgehead atoms. The van der Waals surface area contributed by atoms with Gasteiger partial charge in [0.2, 0.25) is 11.9 Å². The highest BCUT2D eigenvalue weighted by atomic mass is 35.5. The third-order valence-electron chi connectivity index (χ3n) is 6.66. The lowest BCUT2D eigenvalue weighted by Gasteiger charge is -2.28. The van der Waals surface area contributed by atoms with Gasteiger partial charge in [-0.3, -0.25) is 14.9 Å². The number of amides is 2. The molecule has 3 aromatic rings. The van der Waals surface area contributed by atoms with E-state index in [1.54, 1.807) is 17.0 Å². The Morgan fingerprint density at radius 3 is 2.81 bits per heavy atom. The largest absolute Gasteiger partial charge is 0.484 e. The Morgan fingerprint density at radius 1 is 1.25 bits per heavy atom. The Bertz CT molecular complexity index is 1320. The van der Waals surface area contributed by atoms with E-state index >= 15 is 0 Å². The number of imidazole rings is 1. The fourth-order valence-corrected chi connectivity index (χ4v) is 5.04. The summed E-state index contributed by atoms with van der Waals surface area (Å²) in [7, 11) is 0. The zero-order valence-corrected chi connectivity index (χ0v) is 21.0. The summed E-state index contributed by atoms with van der Waals surface area (Å²) in [4.78, 5) is 32.3. The summed E-state index contributed by atoms with van der Waals surface area (Å²) < 4.78 is 13.2. The number of carbonyl (C=O) groups excluding carboxylic acids is 2. The highest BCUT2D eigenvalue weighted by Crippen LogP contribution is 2.39. The molecule has 2 aliphatic heterocycles. The van der Waals surface area contributed by atoms with E-state index in [0.717, 1.165) is 24.8 Å². The van der Waals surface area contributed by atoms with Crippen LogP contribution in [0.25, 0.3) is 11.0 Å². The van der Waals surface area contributed by atoms with Crippen molar-refractivity contribution < 1.29 is 19.1 Å². The Labute approximate surface area is 214 Å². The number of nitrogens with zero attached hydrogens (tertiary/aromatic N) is 3. The molecule has 5 rings (SSSR count). The first kappa shape index (κ1) is 24.3. The minimum atomic E-state index is -0.262. The molecule has 9 heteroatoms. The standard InChI is InChI=1S/C27H29ClN4O4/c1-3-23(33)31-12-5-4-9-19(14-31)32-25-21(10-11-22(24(25)28)36-20-15-35-16-20)29-27(32)30-26(34)18-8-6-7-17(2)13-18/h3,6-8,10-11,13,19-20H,1,4-5,9,12,14-16H2,2H3,(H,29,30,34). The molecule has 1 atom stereocenters. The number of benzene rings is 2. The molecule has 0 aliphatic carbocycles. The molecule has 1 aromatic heterocycles. The van der Waals surface area contributed by atoms with E-state index in [0.29, 0.717) is 59.6 Å². The number of aromatic nitrogens is 2. The first-order valence-electron chi connectivity index (χ1n) is 12.2. The van der Waals surface area contributed by atoms with E-state index < -0.39 is 0 Å². The number of anilines is 1. The number of rotatable bonds is 6. The summed E-state index contributed by atoms with van der Waals surface area (Å²) in [6, 6.07) is 10.9. The van der Waals surface area contributed by atoms with Crippen LogP contribution in [-0.2, 0) is 9.53 Å². The molecule has 2 fully saturated rings. The summed E-state index contributed by atoms with van der Waals surface area (Å²) in [6.07, 6.45) is 3.91. The van der Waals surface area contributed by atoms with Crippen LogP contribution in [0, 0.1) is 6.92 Å². The van der Waals surface area contributed by atoms with E-state index in [9.17, 15) is 9.59 Å². The molecule has 3 heterocycles. The average Bonchev–Trinajstić information content (AvgIpc) is 3.03. The topological polar surface area (TPSA) is 85.7 Å². The van der Waals surface area contributed by atoms with Crippen LogP contribution in [-0.4, -0.2) is 58.7 Å². The lowest BCUT2D eigenvalue weighted by molar-refractivity contribution is -0.126. The summed E-state index contributed by atoms with van der Waals surface area (Å²) in [5.74, 6) is 0.558. The van der Waals surface area contributed by atoms with Crippen LogP contribution >= 0.6 is 11.6 Å². The number of fused-ring (bicyclic) bond motifs is 1. The predicted molar refractivity (Wildman–Crippen MR) is 139 cm³/mol. The molecule has 188 valence electrons. The van der Waals surface area contributed by atoms with Crippen LogP contribution < -0.4 is 10.1 Å².